The van der Waals surface area contributed by atoms with E-state index >= 15 is 0 Å². The van der Waals surface area contributed by atoms with Crippen LogP contribution in [0.15, 0.2) is 54.6 Å². The van der Waals surface area contributed by atoms with E-state index < -0.39 is 16.1 Å². The lowest BCUT2D eigenvalue weighted by Crippen LogP contribution is -2.52. The standard InChI is InChI=1S/C17H17ClN2O3S/c18-15-9-5-4-8-14(15)16-17(21)19-10-11-20(16)24(22,23)12-13-6-2-1-3-7-13/h1-9,16H,10-12H2,(H,19,21). The summed E-state index contributed by atoms with van der Waals surface area (Å²) >= 11 is 6.20. The highest BCUT2D eigenvalue weighted by Crippen LogP contribution is 2.32. The molecule has 0 aliphatic carbocycles. The molecule has 1 unspecified atom stereocenters. The Morgan fingerprint density at radius 3 is 2.46 bits per heavy atom. The minimum atomic E-state index is -3.67. The summed E-state index contributed by atoms with van der Waals surface area (Å²) in [5.74, 6) is -0.506. The van der Waals surface area contributed by atoms with Crippen LogP contribution in [0.2, 0.25) is 5.02 Å². The topological polar surface area (TPSA) is 66.5 Å². The van der Waals surface area contributed by atoms with Gasteiger partial charge >= 0.3 is 0 Å². The van der Waals surface area contributed by atoms with E-state index in [-0.39, 0.29) is 24.7 Å². The van der Waals surface area contributed by atoms with Gasteiger partial charge in [-0.1, -0.05) is 60.1 Å². The highest BCUT2D eigenvalue weighted by Gasteiger charge is 2.39. The first-order valence-electron chi connectivity index (χ1n) is 7.54. The average Bonchev–Trinajstić information content (AvgIpc) is 2.56. The lowest BCUT2D eigenvalue weighted by molar-refractivity contribution is -0.126. The molecule has 2 aromatic carbocycles. The second kappa shape index (κ2) is 6.93. The third-order valence-corrected chi connectivity index (χ3v) is 6.07. The highest BCUT2D eigenvalue weighted by molar-refractivity contribution is 7.88. The molecular formula is C17H17ClN2O3S. The molecule has 0 bridgehead atoms. The van der Waals surface area contributed by atoms with Crippen molar-refractivity contribution in [3.8, 4) is 0 Å². The lowest BCUT2D eigenvalue weighted by atomic mass is 10.0. The highest BCUT2D eigenvalue weighted by atomic mass is 35.5. The van der Waals surface area contributed by atoms with E-state index in [9.17, 15) is 13.2 Å². The Bertz CT molecular complexity index is 840. The van der Waals surface area contributed by atoms with Gasteiger partial charge in [-0.3, -0.25) is 4.79 Å². The van der Waals surface area contributed by atoms with Gasteiger partial charge in [0.2, 0.25) is 15.9 Å². The summed E-state index contributed by atoms with van der Waals surface area (Å²) in [6.07, 6.45) is 0. The number of halogens is 1. The van der Waals surface area contributed by atoms with Crippen molar-refractivity contribution < 1.29 is 13.2 Å². The third-order valence-electron chi connectivity index (χ3n) is 3.92. The molecule has 7 heteroatoms. The molecule has 0 aromatic heterocycles. The normalized spacial score (nSPS) is 19.0. The molecule has 1 saturated heterocycles. The van der Waals surface area contributed by atoms with Crippen molar-refractivity contribution in [2.75, 3.05) is 13.1 Å². The summed E-state index contributed by atoms with van der Waals surface area (Å²) in [6, 6.07) is 14.8. The van der Waals surface area contributed by atoms with E-state index in [0.717, 1.165) is 0 Å². The van der Waals surface area contributed by atoms with Gasteiger partial charge < -0.3 is 5.32 Å². The molecule has 2 aromatic rings. The molecule has 0 radical (unpaired) electrons. The number of benzene rings is 2. The molecule has 1 atom stereocenters. The van der Waals surface area contributed by atoms with Crippen LogP contribution >= 0.6 is 11.6 Å². The number of hydrogen-bond donors (Lipinski definition) is 1. The SMILES string of the molecule is O=C1NCCN(S(=O)(=O)Cc2ccccc2)C1c1ccccc1Cl. The number of hydrogen-bond acceptors (Lipinski definition) is 3. The van der Waals surface area contributed by atoms with Crippen molar-refractivity contribution in [3.63, 3.8) is 0 Å². The first-order chi connectivity index (χ1) is 11.5. The van der Waals surface area contributed by atoms with E-state index in [2.05, 4.69) is 5.32 Å². The van der Waals surface area contributed by atoms with Crippen LogP contribution in [0.1, 0.15) is 17.2 Å². The van der Waals surface area contributed by atoms with E-state index in [4.69, 9.17) is 11.6 Å². The predicted molar refractivity (Wildman–Crippen MR) is 93.0 cm³/mol. The number of carbonyl (C=O) groups is 1. The fourth-order valence-electron chi connectivity index (χ4n) is 2.81. The fourth-order valence-corrected chi connectivity index (χ4v) is 4.73. The number of carbonyl (C=O) groups excluding carboxylic acids is 1. The van der Waals surface area contributed by atoms with Crippen LogP contribution < -0.4 is 5.32 Å². The summed E-state index contributed by atoms with van der Waals surface area (Å²) in [6.45, 7) is 0.505. The average molecular weight is 365 g/mol. The number of sulfonamides is 1. The Balaban J connectivity index is 1.97. The first-order valence-corrected chi connectivity index (χ1v) is 9.53. The quantitative estimate of drug-likeness (QED) is 0.905. The Morgan fingerprint density at radius 2 is 1.75 bits per heavy atom. The van der Waals surface area contributed by atoms with Gasteiger partial charge in [0.05, 0.1) is 5.75 Å². The number of nitrogens with one attached hydrogen (secondary N) is 1. The van der Waals surface area contributed by atoms with Gasteiger partial charge in [0.15, 0.2) is 0 Å². The van der Waals surface area contributed by atoms with E-state index in [1.165, 1.54) is 4.31 Å². The van der Waals surface area contributed by atoms with Gasteiger partial charge in [-0.15, -0.1) is 0 Å². The van der Waals surface area contributed by atoms with Gasteiger partial charge in [0, 0.05) is 18.1 Å². The monoisotopic (exact) mass is 364 g/mol. The van der Waals surface area contributed by atoms with Gasteiger partial charge in [0.25, 0.3) is 0 Å². The first kappa shape index (κ1) is 17.0. The summed E-state index contributed by atoms with van der Waals surface area (Å²) in [5, 5.41) is 3.09. The Labute approximate surface area is 146 Å². The van der Waals surface area contributed by atoms with Crippen LogP contribution in [0.4, 0.5) is 0 Å². The van der Waals surface area contributed by atoms with Crippen LogP contribution in [0.3, 0.4) is 0 Å². The van der Waals surface area contributed by atoms with Gasteiger partial charge in [-0.25, -0.2) is 8.42 Å². The molecule has 1 aliphatic rings. The minimum Gasteiger partial charge on any atom is -0.353 e. The summed E-state index contributed by atoms with van der Waals surface area (Å²) in [7, 11) is -3.67. The molecule has 1 amide bonds. The van der Waals surface area contributed by atoms with E-state index in [1.807, 2.05) is 6.07 Å². The number of piperazine rings is 1. The van der Waals surface area contributed by atoms with Crippen molar-refractivity contribution in [3.05, 3.63) is 70.7 Å². The smallest absolute Gasteiger partial charge is 0.243 e. The number of amides is 1. The van der Waals surface area contributed by atoms with Crippen LogP contribution in [0.5, 0.6) is 0 Å². The van der Waals surface area contributed by atoms with Crippen LogP contribution in [-0.4, -0.2) is 31.7 Å². The zero-order valence-corrected chi connectivity index (χ0v) is 14.4. The Morgan fingerprint density at radius 1 is 1.08 bits per heavy atom. The van der Waals surface area contributed by atoms with Crippen molar-refractivity contribution in [1.29, 1.82) is 0 Å². The Hall–Kier alpha value is -1.89. The van der Waals surface area contributed by atoms with Crippen LogP contribution in [0.25, 0.3) is 0 Å². The molecule has 1 fully saturated rings. The molecule has 24 heavy (non-hydrogen) atoms. The minimum absolute atomic E-state index is 0.151. The lowest BCUT2D eigenvalue weighted by Gasteiger charge is -2.34. The molecule has 126 valence electrons. The molecule has 0 spiro atoms. The molecule has 1 aliphatic heterocycles. The molecule has 1 heterocycles. The van der Waals surface area contributed by atoms with E-state index in [0.29, 0.717) is 16.1 Å². The second-order valence-electron chi connectivity index (χ2n) is 5.57. The van der Waals surface area contributed by atoms with Gasteiger partial charge in [-0.2, -0.15) is 4.31 Å². The summed E-state index contributed by atoms with van der Waals surface area (Å²) in [4.78, 5) is 12.4. The van der Waals surface area contributed by atoms with Gasteiger partial charge in [0.1, 0.15) is 6.04 Å². The van der Waals surface area contributed by atoms with Crippen LogP contribution in [0, 0.1) is 0 Å². The zero-order chi connectivity index (χ0) is 17.2. The third kappa shape index (κ3) is 3.45. The zero-order valence-electron chi connectivity index (χ0n) is 12.9. The molecular weight excluding hydrogens is 348 g/mol. The maximum atomic E-state index is 12.9. The van der Waals surface area contributed by atoms with Crippen molar-refractivity contribution in [2.45, 2.75) is 11.8 Å². The molecule has 0 saturated carbocycles. The fraction of sp³-hybridized carbons (Fsp3) is 0.235. The van der Waals surface area contributed by atoms with E-state index in [1.54, 1.807) is 48.5 Å². The molecule has 5 nitrogen and oxygen atoms in total. The maximum absolute atomic E-state index is 12.9. The second-order valence-corrected chi connectivity index (χ2v) is 7.90. The van der Waals surface area contributed by atoms with Crippen molar-refractivity contribution in [1.82, 2.24) is 9.62 Å². The Kier molecular flexibility index (Phi) is 4.89. The molecule has 1 N–H and O–H groups in total. The summed E-state index contributed by atoms with van der Waals surface area (Å²) < 4.78 is 27.0. The van der Waals surface area contributed by atoms with Crippen molar-refractivity contribution >= 4 is 27.5 Å². The predicted octanol–water partition coefficient (Wildman–Crippen LogP) is 2.34. The largest absolute Gasteiger partial charge is 0.353 e. The number of rotatable bonds is 4. The van der Waals surface area contributed by atoms with Gasteiger partial charge in [-0.05, 0) is 17.2 Å². The molecule has 3 rings (SSSR count). The van der Waals surface area contributed by atoms with Crippen molar-refractivity contribution in [2.24, 2.45) is 0 Å². The summed E-state index contributed by atoms with van der Waals surface area (Å²) in [5.41, 5.74) is 1.18. The maximum Gasteiger partial charge on any atom is 0.243 e. The number of nitrogens with zero attached hydrogens (tertiary/aromatic N) is 1. The van der Waals surface area contributed by atoms with Crippen LogP contribution in [-0.2, 0) is 20.6 Å².